The van der Waals surface area contributed by atoms with Gasteiger partial charge in [-0.15, -0.1) is 0 Å². The van der Waals surface area contributed by atoms with E-state index in [2.05, 4.69) is 24.5 Å². The molecule has 4 heteroatoms. The maximum Gasteiger partial charge on any atom is 0.242 e. The second-order valence-electron chi connectivity index (χ2n) is 4.82. The zero-order valence-electron chi connectivity index (χ0n) is 10.9. The number of hydrogen-bond acceptors (Lipinski definition) is 2. The van der Waals surface area contributed by atoms with Crippen molar-refractivity contribution >= 4 is 11.8 Å². The Morgan fingerprint density at radius 1 is 1.53 bits per heavy atom. The van der Waals surface area contributed by atoms with Gasteiger partial charge in [0.1, 0.15) is 6.04 Å². The first-order valence-electron chi connectivity index (χ1n) is 6.74. The molecule has 0 aromatic rings. The van der Waals surface area contributed by atoms with E-state index < -0.39 is 0 Å². The van der Waals surface area contributed by atoms with Crippen molar-refractivity contribution in [3.63, 3.8) is 0 Å². The average Bonchev–Trinajstić information content (AvgIpc) is 2.76. The van der Waals surface area contributed by atoms with Crippen LogP contribution in [0.15, 0.2) is 0 Å². The molecule has 4 nitrogen and oxygen atoms in total. The summed E-state index contributed by atoms with van der Waals surface area (Å²) in [5.41, 5.74) is 0. The van der Waals surface area contributed by atoms with Crippen molar-refractivity contribution < 1.29 is 9.59 Å². The van der Waals surface area contributed by atoms with Gasteiger partial charge in [0, 0.05) is 13.0 Å². The highest BCUT2D eigenvalue weighted by Gasteiger charge is 2.27. The lowest BCUT2D eigenvalue weighted by Gasteiger charge is -2.17. The lowest BCUT2D eigenvalue weighted by molar-refractivity contribution is -0.125. The minimum absolute atomic E-state index is 0.0109. The molecule has 98 valence electrons. The maximum atomic E-state index is 11.8. The van der Waals surface area contributed by atoms with E-state index in [0.29, 0.717) is 18.8 Å². The van der Waals surface area contributed by atoms with Crippen LogP contribution < -0.4 is 10.6 Å². The van der Waals surface area contributed by atoms with E-state index >= 15 is 0 Å². The summed E-state index contributed by atoms with van der Waals surface area (Å²) in [6.07, 6.45) is 5.79. The molecule has 1 rings (SSSR count). The van der Waals surface area contributed by atoms with E-state index in [9.17, 15) is 9.59 Å². The van der Waals surface area contributed by atoms with Gasteiger partial charge in [0.05, 0.1) is 0 Å². The summed E-state index contributed by atoms with van der Waals surface area (Å²) in [4.78, 5) is 22.8. The van der Waals surface area contributed by atoms with Crippen molar-refractivity contribution in [3.8, 4) is 0 Å². The molecule has 0 bridgehead atoms. The highest BCUT2D eigenvalue weighted by Crippen LogP contribution is 2.12. The summed E-state index contributed by atoms with van der Waals surface area (Å²) in [5, 5.41) is 5.64. The van der Waals surface area contributed by atoms with Gasteiger partial charge in [0.2, 0.25) is 11.8 Å². The van der Waals surface area contributed by atoms with Gasteiger partial charge in [0.25, 0.3) is 0 Å². The standard InChI is InChI=1S/C13H24N2O2/c1-3-5-6-10(4-2)9-14-13(17)11-7-8-12(16)15-11/h10-11H,3-9H2,1-2H3,(H,14,17)(H,15,16). The molecule has 1 aliphatic heterocycles. The highest BCUT2D eigenvalue weighted by molar-refractivity contribution is 5.90. The van der Waals surface area contributed by atoms with Gasteiger partial charge < -0.3 is 10.6 Å². The third-order valence-electron chi connectivity index (χ3n) is 3.42. The third-order valence-corrected chi connectivity index (χ3v) is 3.42. The summed E-state index contributed by atoms with van der Waals surface area (Å²) in [6, 6.07) is -0.300. The van der Waals surface area contributed by atoms with Crippen LogP contribution in [0.25, 0.3) is 0 Å². The minimum atomic E-state index is -0.300. The van der Waals surface area contributed by atoms with Gasteiger partial charge in [0.15, 0.2) is 0 Å². The Morgan fingerprint density at radius 2 is 2.29 bits per heavy atom. The van der Waals surface area contributed by atoms with Crippen LogP contribution in [-0.2, 0) is 9.59 Å². The lowest BCUT2D eigenvalue weighted by atomic mass is 9.99. The second kappa shape index (κ2) is 7.30. The first kappa shape index (κ1) is 14.0. The number of unbranched alkanes of at least 4 members (excludes halogenated alkanes) is 1. The number of nitrogens with one attached hydrogen (secondary N) is 2. The van der Waals surface area contributed by atoms with E-state index in [1.165, 1.54) is 19.3 Å². The third kappa shape index (κ3) is 4.75. The van der Waals surface area contributed by atoms with E-state index in [0.717, 1.165) is 13.0 Å². The predicted octanol–water partition coefficient (Wildman–Crippen LogP) is 1.60. The van der Waals surface area contributed by atoms with E-state index in [4.69, 9.17) is 0 Å². The van der Waals surface area contributed by atoms with E-state index in [1.807, 2.05) is 0 Å². The Bertz CT molecular complexity index is 266. The first-order chi connectivity index (χ1) is 8.17. The van der Waals surface area contributed by atoms with E-state index in [1.54, 1.807) is 0 Å². The van der Waals surface area contributed by atoms with Crippen molar-refractivity contribution in [3.05, 3.63) is 0 Å². The second-order valence-corrected chi connectivity index (χ2v) is 4.82. The first-order valence-corrected chi connectivity index (χ1v) is 6.74. The molecule has 0 radical (unpaired) electrons. The summed E-state index contributed by atoms with van der Waals surface area (Å²) in [5.74, 6) is 0.532. The molecular formula is C13H24N2O2. The molecule has 0 aliphatic carbocycles. The maximum absolute atomic E-state index is 11.8. The zero-order valence-corrected chi connectivity index (χ0v) is 10.9. The van der Waals surface area contributed by atoms with Crippen LogP contribution in [0, 0.1) is 5.92 Å². The number of hydrogen-bond donors (Lipinski definition) is 2. The number of amides is 2. The largest absolute Gasteiger partial charge is 0.354 e. The van der Waals surface area contributed by atoms with E-state index in [-0.39, 0.29) is 17.9 Å². The average molecular weight is 240 g/mol. The monoisotopic (exact) mass is 240 g/mol. The Kier molecular flexibility index (Phi) is 6.01. The topological polar surface area (TPSA) is 58.2 Å². The van der Waals surface area contributed by atoms with Crippen LogP contribution in [0.2, 0.25) is 0 Å². The molecule has 1 aliphatic rings. The Hall–Kier alpha value is -1.06. The Labute approximate surface area is 104 Å². The van der Waals surface area contributed by atoms with Crippen molar-refractivity contribution in [2.45, 2.75) is 58.4 Å². The van der Waals surface area contributed by atoms with Crippen LogP contribution >= 0.6 is 0 Å². The highest BCUT2D eigenvalue weighted by atomic mass is 16.2. The van der Waals surface area contributed by atoms with Crippen LogP contribution in [0.5, 0.6) is 0 Å². The van der Waals surface area contributed by atoms with Crippen LogP contribution in [0.3, 0.4) is 0 Å². The van der Waals surface area contributed by atoms with Crippen molar-refractivity contribution in [1.29, 1.82) is 0 Å². The van der Waals surface area contributed by atoms with Crippen LogP contribution in [-0.4, -0.2) is 24.4 Å². The summed E-state index contributed by atoms with van der Waals surface area (Å²) < 4.78 is 0. The zero-order chi connectivity index (χ0) is 12.7. The smallest absolute Gasteiger partial charge is 0.242 e. The van der Waals surface area contributed by atoms with Gasteiger partial charge >= 0.3 is 0 Å². The fourth-order valence-corrected chi connectivity index (χ4v) is 2.12. The minimum Gasteiger partial charge on any atom is -0.354 e. The molecule has 0 aromatic carbocycles. The lowest BCUT2D eigenvalue weighted by Crippen LogP contribution is -2.43. The van der Waals surface area contributed by atoms with Gasteiger partial charge in [-0.05, 0) is 18.8 Å². The summed E-state index contributed by atoms with van der Waals surface area (Å²) in [7, 11) is 0. The molecule has 2 atom stereocenters. The van der Waals surface area contributed by atoms with Gasteiger partial charge in [-0.3, -0.25) is 9.59 Å². The van der Waals surface area contributed by atoms with Crippen LogP contribution in [0.4, 0.5) is 0 Å². The predicted molar refractivity (Wildman–Crippen MR) is 67.5 cm³/mol. The van der Waals surface area contributed by atoms with Gasteiger partial charge in [-0.1, -0.05) is 33.1 Å². The summed E-state index contributed by atoms with van der Waals surface area (Å²) in [6.45, 7) is 5.07. The van der Waals surface area contributed by atoms with Crippen molar-refractivity contribution in [2.24, 2.45) is 5.92 Å². The quantitative estimate of drug-likeness (QED) is 0.710. The molecule has 1 heterocycles. The molecule has 0 aromatic heterocycles. The number of carbonyl (C=O) groups excluding carboxylic acids is 2. The summed E-state index contributed by atoms with van der Waals surface area (Å²) >= 11 is 0. The molecule has 1 fully saturated rings. The number of rotatable bonds is 7. The fourth-order valence-electron chi connectivity index (χ4n) is 2.12. The molecule has 0 saturated carbocycles. The van der Waals surface area contributed by atoms with Gasteiger partial charge in [-0.2, -0.15) is 0 Å². The number of carbonyl (C=O) groups is 2. The van der Waals surface area contributed by atoms with Crippen molar-refractivity contribution in [1.82, 2.24) is 10.6 Å². The molecule has 2 unspecified atom stereocenters. The fraction of sp³-hybridized carbons (Fsp3) is 0.846. The normalized spacial score (nSPS) is 21.1. The molecule has 2 amide bonds. The van der Waals surface area contributed by atoms with Crippen molar-refractivity contribution in [2.75, 3.05) is 6.54 Å². The van der Waals surface area contributed by atoms with Gasteiger partial charge in [-0.25, -0.2) is 0 Å². The molecule has 0 spiro atoms. The van der Waals surface area contributed by atoms with Crippen LogP contribution in [0.1, 0.15) is 52.4 Å². The molecule has 17 heavy (non-hydrogen) atoms. The molecule has 2 N–H and O–H groups in total. The SMILES string of the molecule is CCCCC(CC)CNC(=O)C1CCC(=O)N1. The molecule has 1 saturated heterocycles. The molecular weight excluding hydrogens is 216 g/mol. The Morgan fingerprint density at radius 3 is 2.82 bits per heavy atom. The Balaban J connectivity index is 2.23.